The van der Waals surface area contributed by atoms with E-state index in [1.165, 1.54) is 11.3 Å². The van der Waals surface area contributed by atoms with E-state index in [0.717, 1.165) is 59.1 Å². The Balaban J connectivity index is 1.30. The molecule has 0 saturated carbocycles. The normalized spacial score (nSPS) is 12.8. The SMILES string of the molecule is CCCOC(=O)c1c(NC(=O)c2ccc(COc3cccc4ccccc34)o2)sc2c1CCCC2. The van der Waals surface area contributed by atoms with Crippen LogP contribution in [0.3, 0.4) is 0 Å². The highest BCUT2D eigenvalue weighted by Crippen LogP contribution is 2.39. The molecule has 1 aliphatic rings. The summed E-state index contributed by atoms with van der Waals surface area (Å²) in [5.41, 5.74) is 1.51. The van der Waals surface area contributed by atoms with Gasteiger partial charge < -0.3 is 19.2 Å². The highest BCUT2D eigenvalue weighted by atomic mass is 32.1. The van der Waals surface area contributed by atoms with Crippen molar-refractivity contribution in [3.63, 3.8) is 0 Å². The molecular weight excluding hydrogens is 462 g/mol. The van der Waals surface area contributed by atoms with Crippen LogP contribution in [0.2, 0.25) is 0 Å². The molecule has 0 radical (unpaired) electrons. The average Bonchev–Trinajstić information content (AvgIpc) is 3.50. The summed E-state index contributed by atoms with van der Waals surface area (Å²) in [7, 11) is 0. The van der Waals surface area contributed by atoms with Gasteiger partial charge in [-0.25, -0.2) is 4.79 Å². The zero-order valence-corrected chi connectivity index (χ0v) is 20.4. The number of thiophene rings is 1. The molecule has 2 aromatic carbocycles. The first kappa shape index (κ1) is 23.2. The molecule has 180 valence electrons. The first-order chi connectivity index (χ1) is 17.1. The topological polar surface area (TPSA) is 77.8 Å². The number of benzene rings is 2. The summed E-state index contributed by atoms with van der Waals surface area (Å²) in [5, 5.41) is 5.54. The van der Waals surface area contributed by atoms with Gasteiger partial charge in [0, 0.05) is 10.3 Å². The molecule has 0 spiro atoms. The van der Waals surface area contributed by atoms with E-state index in [4.69, 9.17) is 13.9 Å². The van der Waals surface area contributed by atoms with Crippen molar-refractivity contribution >= 4 is 39.0 Å². The lowest BCUT2D eigenvalue weighted by atomic mass is 9.95. The van der Waals surface area contributed by atoms with Crippen LogP contribution in [0.5, 0.6) is 5.75 Å². The van der Waals surface area contributed by atoms with Crippen LogP contribution in [-0.4, -0.2) is 18.5 Å². The van der Waals surface area contributed by atoms with Crippen LogP contribution < -0.4 is 10.1 Å². The number of esters is 1. The van der Waals surface area contributed by atoms with Gasteiger partial charge in [0.05, 0.1) is 12.2 Å². The minimum Gasteiger partial charge on any atom is -0.485 e. The van der Waals surface area contributed by atoms with Crippen molar-refractivity contribution in [2.45, 2.75) is 45.6 Å². The second-order valence-corrected chi connectivity index (χ2v) is 9.64. The maximum atomic E-state index is 13.0. The third kappa shape index (κ3) is 4.95. The highest BCUT2D eigenvalue weighted by Gasteiger charge is 2.28. The Labute approximate surface area is 207 Å². The first-order valence-corrected chi connectivity index (χ1v) is 12.8. The summed E-state index contributed by atoms with van der Waals surface area (Å²) in [6.45, 7) is 2.51. The fourth-order valence-corrected chi connectivity index (χ4v) is 5.62. The van der Waals surface area contributed by atoms with E-state index in [-0.39, 0.29) is 18.3 Å². The lowest BCUT2D eigenvalue weighted by Crippen LogP contribution is -2.15. The van der Waals surface area contributed by atoms with Gasteiger partial charge in [0.2, 0.25) is 0 Å². The summed E-state index contributed by atoms with van der Waals surface area (Å²) in [5.74, 6) is 0.691. The molecule has 0 atom stereocenters. The standard InChI is InChI=1S/C28H27NO5S/c1-2-16-32-28(31)25-21-11-5-6-13-24(21)35-27(25)29-26(30)23-15-14-19(34-23)17-33-22-12-7-9-18-8-3-4-10-20(18)22/h3-4,7-10,12,14-15H,2,5-6,11,13,16-17H2,1H3,(H,29,30). The Hall–Kier alpha value is -3.58. The number of furan rings is 1. The van der Waals surface area contributed by atoms with Crippen LogP contribution in [0.1, 0.15) is 63.3 Å². The summed E-state index contributed by atoms with van der Waals surface area (Å²) in [6, 6.07) is 17.3. The number of aryl methyl sites for hydroxylation is 1. The van der Waals surface area contributed by atoms with Gasteiger partial charge in [-0.15, -0.1) is 11.3 Å². The van der Waals surface area contributed by atoms with Crippen molar-refractivity contribution in [2.75, 3.05) is 11.9 Å². The van der Waals surface area contributed by atoms with Crippen molar-refractivity contribution in [3.05, 3.63) is 82.1 Å². The monoisotopic (exact) mass is 489 g/mol. The number of fused-ring (bicyclic) bond motifs is 2. The fourth-order valence-electron chi connectivity index (χ4n) is 4.35. The molecular formula is C28H27NO5S. The molecule has 0 saturated heterocycles. The number of carbonyl (C=O) groups excluding carboxylic acids is 2. The number of nitrogens with one attached hydrogen (secondary N) is 1. The zero-order valence-electron chi connectivity index (χ0n) is 19.6. The second-order valence-electron chi connectivity index (χ2n) is 8.54. The van der Waals surface area contributed by atoms with Crippen LogP contribution in [0, 0.1) is 0 Å². The Morgan fingerprint density at radius 1 is 1.03 bits per heavy atom. The molecule has 0 fully saturated rings. The molecule has 2 aromatic heterocycles. The van der Waals surface area contributed by atoms with Gasteiger partial charge in [-0.3, -0.25) is 4.79 Å². The molecule has 1 aliphatic carbocycles. The molecule has 5 rings (SSSR count). The summed E-state index contributed by atoms with van der Waals surface area (Å²) in [4.78, 5) is 26.9. The minimum absolute atomic E-state index is 0.167. The fraction of sp³-hybridized carbons (Fsp3) is 0.286. The Kier molecular flexibility index (Phi) is 6.86. The maximum Gasteiger partial charge on any atom is 0.341 e. The highest BCUT2D eigenvalue weighted by molar-refractivity contribution is 7.17. The molecule has 2 heterocycles. The Morgan fingerprint density at radius 3 is 2.74 bits per heavy atom. The molecule has 0 aliphatic heterocycles. The molecule has 4 aromatic rings. The van der Waals surface area contributed by atoms with Crippen LogP contribution in [0.15, 0.2) is 59.0 Å². The third-order valence-electron chi connectivity index (χ3n) is 6.04. The van der Waals surface area contributed by atoms with E-state index in [0.29, 0.717) is 22.9 Å². The molecule has 6 nitrogen and oxygen atoms in total. The predicted molar refractivity (Wildman–Crippen MR) is 136 cm³/mol. The van der Waals surface area contributed by atoms with E-state index in [9.17, 15) is 9.59 Å². The number of amides is 1. The third-order valence-corrected chi connectivity index (χ3v) is 7.25. The predicted octanol–water partition coefficient (Wildman–Crippen LogP) is 6.77. The number of hydrogen-bond donors (Lipinski definition) is 1. The van der Waals surface area contributed by atoms with Gasteiger partial charge in [-0.1, -0.05) is 43.3 Å². The maximum absolute atomic E-state index is 13.0. The van der Waals surface area contributed by atoms with Crippen molar-refractivity contribution < 1.29 is 23.5 Å². The summed E-state index contributed by atoms with van der Waals surface area (Å²) >= 11 is 1.46. The summed E-state index contributed by atoms with van der Waals surface area (Å²) < 4.78 is 17.2. The van der Waals surface area contributed by atoms with Crippen LogP contribution in [0.4, 0.5) is 5.00 Å². The molecule has 1 amide bonds. The molecule has 0 bridgehead atoms. The second kappa shape index (κ2) is 10.4. The van der Waals surface area contributed by atoms with Gasteiger partial charge in [-0.05, 0) is 61.3 Å². The van der Waals surface area contributed by atoms with Gasteiger partial charge in [0.15, 0.2) is 5.76 Å². The Bertz CT molecular complexity index is 1360. The number of ether oxygens (including phenoxy) is 2. The van der Waals surface area contributed by atoms with Gasteiger partial charge in [-0.2, -0.15) is 0 Å². The van der Waals surface area contributed by atoms with E-state index in [2.05, 4.69) is 5.32 Å². The van der Waals surface area contributed by atoms with Crippen molar-refractivity contribution in [1.82, 2.24) is 0 Å². The van der Waals surface area contributed by atoms with Crippen molar-refractivity contribution in [1.29, 1.82) is 0 Å². The summed E-state index contributed by atoms with van der Waals surface area (Å²) in [6.07, 6.45) is 4.61. The first-order valence-electron chi connectivity index (χ1n) is 12.0. The molecule has 1 N–H and O–H groups in total. The number of hydrogen-bond acceptors (Lipinski definition) is 6. The number of carbonyl (C=O) groups is 2. The largest absolute Gasteiger partial charge is 0.485 e. The quantitative estimate of drug-likeness (QED) is 0.276. The number of anilines is 1. The van der Waals surface area contributed by atoms with Crippen molar-refractivity contribution in [2.24, 2.45) is 0 Å². The lowest BCUT2D eigenvalue weighted by Gasteiger charge is -2.12. The Morgan fingerprint density at radius 2 is 1.86 bits per heavy atom. The smallest absolute Gasteiger partial charge is 0.341 e. The van der Waals surface area contributed by atoms with E-state index < -0.39 is 5.91 Å². The van der Waals surface area contributed by atoms with Crippen LogP contribution in [-0.2, 0) is 24.2 Å². The minimum atomic E-state index is -0.399. The van der Waals surface area contributed by atoms with Crippen LogP contribution >= 0.6 is 11.3 Å². The van der Waals surface area contributed by atoms with Gasteiger partial charge >= 0.3 is 5.97 Å². The average molecular weight is 490 g/mol. The van der Waals surface area contributed by atoms with Gasteiger partial charge in [0.1, 0.15) is 23.1 Å². The molecule has 35 heavy (non-hydrogen) atoms. The van der Waals surface area contributed by atoms with E-state index >= 15 is 0 Å². The number of rotatable bonds is 8. The van der Waals surface area contributed by atoms with Gasteiger partial charge in [0.25, 0.3) is 5.91 Å². The van der Waals surface area contributed by atoms with E-state index in [1.54, 1.807) is 12.1 Å². The van der Waals surface area contributed by atoms with Crippen molar-refractivity contribution in [3.8, 4) is 5.75 Å². The molecule has 7 heteroatoms. The van der Waals surface area contributed by atoms with Crippen LogP contribution in [0.25, 0.3) is 10.8 Å². The molecule has 0 unspecified atom stereocenters. The lowest BCUT2D eigenvalue weighted by molar-refractivity contribution is 0.0505. The van der Waals surface area contributed by atoms with E-state index in [1.807, 2.05) is 49.4 Å². The zero-order chi connectivity index (χ0) is 24.2.